The molecule has 1 fully saturated rings. The summed E-state index contributed by atoms with van der Waals surface area (Å²) >= 11 is 0. The second-order valence-electron chi connectivity index (χ2n) is 5.23. The third-order valence-corrected chi connectivity index (χ3v) is 2.70. The van der Waals surface area contributed by atoms with Crippen molar-refractivity contribution < 1.29 is 14.6 Å². The lowest BCUT2D eigenvalue weighted by atomic mass is 10.1. The predicted octanol–water partition coefficient (Wildman–Crippen LogP) is 2.12. The molecule has 1 aliphatic carbocycles. The zero-order valence-corrected chi connectivity index (χ0v) is 10.0. The van der Waals surface area contributed by atoms with Crippen LogP contribution in [0, 0.1) is 0 Å². The molecule has 0 aromatic carbocycles. The fourth-order valence-corrected chi connectivity index (χ4v) is 1.78. The minimum absolute atomic E-state index is 0.452. The van der Waals surface area contributed by atoms with Gasteiger partial charge in [-0.3, -0.25) is 4.90 Å². The van der Waals surface area contributed by atoms with E-state index in [0.717, 1.165) is 12.8 Å². The molecule has 0 atom stereocenters. The summed E-state index contributed by atoms with van der Waals surface area (Å²) in [5.41, 5.74) is -1.51. The van der Waals surface area contributed by atoms with Gasteiger partial charge in [0, 0.05) is 7.05 Å². The first kappa shape index (κ1) is 12.3. The molecule has 0 aromatic rings. The van der Waals surface area contributed by atoms with Gasteiger partial charge >= 0.3 is 6.09 Å². The quantitative estimate of drug-likeness (QED) is 0.681. The molecule has 0 spiro atoms. The minimum atomic E-state index is -0.998. The van der Waals surface area contributed by atoms with E-state index < -0.39 is 17.4 Å². The van der Waals surface area contributed by atoms with Gasteiger partial charge in [-0.15, -0.1) is 0 Å². The van der Waals surface area contributed by atoms with Crippen molar-refractivity contribution in [2.75, 3.05) is 7.05 Å². The van der Waals surface area contributed by atoms with E-state index in [0.29, 0.717) is 12.8 Å². The fraction of sp³-hybridized carbons (Fsp3) is 0.909. The SMILES string of the molecule is CN(C(=O)OC(C)(C)C)C1(O)CCCC1. The number of carbonyl (C=O) groups is 1. The molecule has 1 amide bonds. The molecule has 15 heavy (non-hydrogen) atoms. The van der Waals surface area contributed by atoms with E-state index in [-0.39, 0.29) is 0 Å². The predicted molar refractivity (Wildman–Crippen MR) is 57.4 cm³/mol. The van der Waals surface area contributed by atoms with Gasteiger partial charge in [-0.2, -0.15) is 0 Å². The van der Waals surface area contributed by atoms with Crippen LogP contribution in [0.2, 0.25) is 0 Å². The molecule has 0 aliphatic heterocycles. The van der Waals surface area contributed by atoms with Crippen LogP contribution in [0.4, 0.5) is 4.79 Å². The molecule has 0 heterocycles. The van der Waals surface area contributed by atoms with Crippen LogP contribution < -0.4 is 0 Å². The number of hydrogen-bond donors (Lipinski definition) is 1. The summed E-state index contributed by atoms with van der Waals surface area (Å²) in [7, 11) is 1.60. The van der Waals surface area contributed by atoms with Crippen molar-refractivity contribution in [3.63, 3.8) is 0 Å². The molecule has 0 saturated heterocycles. The summed E-state index contributed by atoms with van der Waals surface area (Å²) in [5.74, 6) is 0. The average Bonchev–Trinajstić information content (AvgIpc) is 2.49. The summed E-state index contributed by atoms with van der Waals surface area (Å²) in [6, 6.07) is 0. The van der Waals surface area contributed by atoms with Crippen LogP contribution in [0.3, 0.4) is 0 Å². The van der Waals surface area contributed by atoms with Crippen LogP contribution in [0.5, 0.6) is 0 Å². The molecule has 88 valence electrons. The Kier molecular flexibility index (Phi) is 3.28. The second-order valence-corrected chi connectivity index (χ2v) is 5.23. The molecule has 4 nitrogen and oxygen atoms in total. The molecule has 1 rings (SSSR count). The van der Waals surface area contributed by atoms with Crippen LogP contribution in [0.25, 0.3) is 0 Å². The van der Waals surface area contributed by atoms with Gasteiger partial charge in [-0.05, 0) is 46.5 Å². The number of ether oxygens (including phenoxy) is 1. The van der Waals surface area contributed by atoms with Gasteiger partial charge in [-0.25, -0.2) is 4.79 Å². The highest BCUT2D eigenvalue weighted by atomic mass is 16.6. The topological polar surface area (TPSA) is 49.8 Å². The molecule has 1 N–H and O–H groups in total. The summed E-state index contributed by atoms with van der Waals surface area (Å²) in [5, 5.41) is 10.2. The smallest absolute Gasteiger partial charge is 0.412 e. The van der Waals surface area contributed by atoms with E-state index in [4.69, 9.17) is 4.74 Å². The number of hydrogen-bond acceptors (Lipinski definition) is 3. The van der Waals surface area contributed by atoms with E-state index in [1.807, 2.05) is 20.8 Å². The van der Waals surface area contributed by atoms with E-state index in [9.17, 15) is 9.90 Å². The Bertz CT molecular complexity index is 239. The van der Waals surface area contributed by atoms with Crippen LogP contribution in [-0.4, -0.2) is 34.5 Å². The molecule has 0 radical (unpaired) electrons. The standard InChI is InChI=1S/C11H21NO3/c1-10(2,3)15-9(13)12(4)11(14)7-5-6-8-11/h14H,5-8H2,1-4H3. The van der Waals surface area contributed by atoms with E-state index in [1.54, 1.807) is 7.05 Å². The van der Waals surface area contributed by atoms with Crippen molar-refractivity contribution in [3.8, 4) is 0 Å². The van der Waals surface area contributed by atoms with Crippen LogP contribution in [-0.2, 0) is 4.74 Å². The number of carbonyl (C=O) groups excluding carboxylic acids is 1. The summed E-state index contributed by atoms with van der Waals surface area (Å²) in [4.78, 5) is 13.0. The van der Waals surface area contributed by atoms with Gasteiger partial charge in [0.25, 0.3) is 0 Å². The number of aliphatic hydroxyl groups is 1. The number of rotatable bonds is 1. The first-order valence-electron chi connectivity index (χ1n) is 5.44. The lowest BCUT2D eigenvalue weighted by molar-refractivity contribution is -0.0905. The Hall–Kier alpha value is -0.770. The summed E-state index contributed by atoms with van der Waals surface area (Å²) < 4.78 is 5.20. The van der Waals surface area contributed by atoms with Crippen molar-refractivity contribution in [2.45, 2.75) is 57.8 Å². The molecular weight excluding hydrogens is 194 g/mol. The van der Waals surface area contributed by atoms with Gasteiger partial charge in [-0.1, -0.05) is 0 Å². The fourth-order valence-electron chi connectivity index (χ4n) is 1.78. The highest BCUT2D eigenvalue weighted by molar-refractivity contribution is 5.68. The lowest BCUT2D eigenvalue weighted by Gasteiger charge is -2.34. The molecular formula is C11H21NO3. The first-order valence-corrected chi connectivity index (χ1v) is 5.44. The number of nitrogens with zero attached hydrogens (tertiary/aromatic N) is 1. The molecule has 1 saturated carbocycles. The van der Waals surface area contributed by atoms with Crippen molar-refractivity contribution in [2.24, 2.45) is 0 Å². The van der Waals surface area contributed by atoms with Crippen molar-refractivity contribution in [3.05, 3.63) is 0 Å². The van der Waals surface area contributed by atoms with Crippen LogP contribution in [0.15, 0.2) is 0 Å². The maximum Gasteiger partial charge on any atom is 0.412 e. The first-order chi connectivity index (χ1) is 6.75. The monoisotopic (exact) mass is 215 g/mol. The minimum Gasteiger partial charge on any atom is -0.444 e. The Labute approximate surface area is 91.2 Å². The van der Waals surface area contributed by atoms with Gasteiger partial charge in [0.1, 0.15) is 11.3 Å². The maximum absolute atomic E-state index is 11.7. The van der Waals surface area contributed by atoms with Crippen LogP contribution in [0.1, 0.15) is 46.5 Å². The van der Waals surface area contributed by atoms with Gasteiger partial charge in [0.05, 0.1) is 0 Å². The van der Waals surface area contributed by atoms with E-state index >= 15 is 0 Å². The molecule has 4 heteroatoms. The van der Waals surface area contributed by atoms with Crippen molar-refractivity contribution in [1.82, 2.24) is 4.90 Å². The van der Waals surface area contributed by atoms with Gasteiger partial charge in [0.15, 0.2) is 0 Å². The largest absolute Gasteiger partial charge is 0.444 e. The van der Waals surface area contributed by atoms with Gasteiger partial charge < -0.3 is 9.84 Å². The zero-order valence-electron chi connectivity index (χ0n) is 10.0. The molecule has 0 bridgehead atoms. The highest BCUT2D eigenvalue weighted by Crippen LogP contribution is 2.32. The highest BCUT2D eigenvalue weighted by Gasteiger charge is 2.39. The normalized spacial score (nSPS) is 20.1. The Morgan fingerprint density at radius 2 is 1.80 bits per heavy atom. The molecule has 1 aliphatic rings. The molecule has 0 unspecified atom stereocenters. The van der Waals surface area contributed by atoms with E-state index in [1.165, 1.54) is 4.90 Å². The summed E-state index contributed by atoms with van der Waals surface area (Å²) in [6.45, 7) is 5.45. The Morgan fingerprint density at radius 1 is 1.33 bits per heavy atom. The van der Waals surface area contributed by atoms with E-state index in [2.05, 4.69) is 0 Å². The number of amides is 1. The van der Waals surface area contributed by atoms with Crippen molar-refractivity contribution >= 4 is 6.09 Å². The van der Waals surface area contributed by atoms with Crippen LogP contribution >= 0.6 is 0 Å². The maximum atomic E-state index is 11.7. The summed E-state index contributed by atoms with van der Waals surface area (Å²) in [6.07, 6.45) is 2.76. The van der Waals surface area contributed by atoms with Gasteiger partial charge in [0.2, 0.25) is 0 Å². The Morgan fingerprint density at radius 3 is 2.20 bits per heavy atom. The second kappa shape index (κ2) is 4.00. The zero-order chi connectivity index (χ0) is 11.7. The lowest BCUT2D eigenvalue weighted by Crippen LogP contribution is -2.49. The third kappa shape index (κ3) is 3.09. The van der Waals surface area contributed by atoms with Crippen molar-refractivity contribution in [1.29, 1.82) is 0 Å². The Balaban J connectivity index is 2.60. The molecule has 0 aromatic heterocycles. The third-order valence-electron chi connectivity index (χ3n) is 2.70. The average molecular weight is 215 g/mol.